The molecule has 2 N–H and O–H groups in total. The summed E-state index contributed by atoms with van der Waals surface area (Å²) in [6.07, 6.45) is 0. The maximum absolute atomic E-state index is 11.6. The molecule has 2 rings (SSSR count). The quantitative estimate of drug-likeness (QED) is 0.875. The first kappa shape index (κ1) is 14.3. The van der Waals surface area contributed by atoms with E-state index in [1.165, 1.54) is 4.68 Å². The molecule has 1 heterocycles. The summed E-state index contributed by atoms with van der Waals surface area (Å²) in [6.45, 7) is 3.88. The van der Waals surface area contributed by atoms with Crippen LogP contribution in [0.15, 0.2) is 24.3 Å². The van der Waals surface area contributed by atoms with Crippen LogP contribution in [0.2, 0.25) is 5.02 Å². The number of esters is 1. The lowest BCUT2D eigenvalue weighted by molar-refractivity contribution is 0.0520. The Hall–Kier alpha value is -2.08. The van der Waals surface area contributed by atoms with Crippen molar-refractivity contribution in [2.24, 2.45) is 0 Å². The monoisotopic (exact) mass is 294 g/mol. The molecule has 7 heteroatoms. The summed E-state index contributed by atoms with van der Waals surface area (Å²) < 4.78 is 6.35. The zero-order valence-electron chi connectivity index (χ0n) is 11.2. The zero-order valence-corrected chi connectivity index (χ0v) is 12.0. The zero-order chi connectivity index (χ0) is 14.7. The molecule has 106 valence electrons. The summed E-state index contributed by atoms with van der Waals surface area (Å²) in [4.78, 5) is 11.6. The summed E-state index contributed by atoms with van der Waals surface area (Å²) >= 11 is 5.85. The first-order chi connectivity index (χ1) is 9.54. The standard InChI is InChI=1S/C13H15ClN4O2/c1-3-20-13(19)11-12(15)18(17-16-11)8(2)9-4-6-10(14)7-5-9/h4-8H,3,15H2,1-2H3/t8-/m1/s1. The van der Waals surface area contributed by atoms with Gasteiger partial charge in [-0.15, -0.1) is 5.10 Å². The maximum atomic E-state index is 11.6. The van der Waals surface area contributed by atoms with Crippen molar-refractivity contribution in [3.63, 3.8) is 0 Å². The van der Waals surface area contributed by atoms with Gasteiger partial charge in [0, 0.05) is 5.02 Å². The third kappa shape index (κ3) is 2.75. The molecular weight excluding hydrogens is 280 g/mol. The summed E-state index contributed by atoms with van der Waals surface area (Å²) in [7, 11) is 0. The highest BCUT2D eigenvalue weighted by Gasteiger charge is 2.21. The van der Waals surface area contributed by atoms with Crippen LogP contribution in [0.5, 0.6) is 0 Å². The number of nitrogens with zero attached hydrogens (tertiary/aromatic N) is 3. The molecule has 1 atom stereocenters. The fraction of sp³-hybridized carbons (Fsp3) is 0.308. The van der Waals surface area contributed by atoms with E-state index in [2.05, 4.69) is 10.3 Å². The lowest BCUT2D eigenvalue weighted by Crippen LogP contribution is -2.13. The Kier molecular flexibility index (Phi) is 4.24. The second-order valence-corrected chi connectivity index (χ2v) is 4.65. The van der Waals surface area contributed by atoms with Crippen LogP contribution < -0.4 is 5.73 Å². The molecule has 1 aromatic heterocycles. The average Bonchev–Trinajstić information content (AvgIpc) is 2.81. The molecule has 20 heavy (non-hydrogen) atoms. The van der Waals surface area contributed by atoms with Crippen LogP contribution in [0.1, 0.15) is 35.9 Å². The Bertz CT molecular complexity index is 609. The number of nitrogen functional groups attached to an aromatic ring is 1. The van der Waals surface area contributed by atoms with E-state index >= 15 is 0 Å². The number of ether oxygens (including phenoxy) is 1. The maximum Gasteiger partial charge on any atom is 0.362 e. The van der Waals surface area contributed by atoms with Gasteiger partial charge in [0.2, 0.25) is 5.69 Å². The Labute approximate surface area is 121 Å². The van der Waals surface area contributed by atoms with E-state index in [0.29, 0.717) is 5.02 Å². The normalized spacial score (nSPS) is 12.2. The smallest absolute Gasteiger partial charge is 0.362 e. The van der Waals surface area contributed by atoms with E-state index in [0.717, 1.165) is 5.56 Å². The molecule has 0 spiro atoms. The van der Waals surface area contributed by atoms with Gasteiger partial charge in [0.1, 0.15) is 0 Å². The largest absolute Gasteiger partial charge is 0.461 e. The van der Waals surface area contributed by atoms with Gasteiger partial charge >= 0.3 is 5.97 Å². The van der Waals surface area contributed by atoms with E-state index in [1.807, 2.05) is 19.1 Å². The van der Waals surface area contributed by atoms with Crippen molar-refractivity contribution in [3.05, 3.63) is 40.5 Å². The molecule has 0 fully saturated rings. The number of nitrogens with two attached hydrogens (primary N) is 1. The van der Waals surface area contributed by atoms with Crippen LogP contribution in [0, 0.1) is 0 Å². The number of hydrogen-bond acceptors (Lipinski definition) is 5. The summed E-state index contributed by atoms with van der Waals surface area (Å²) in [5.74, 6) is -0.384. The minimum absolute atomic E-state index is 0.0349. The third-order valence-corrected chi connectivity index (χ3v) is 3.17. The van der Waals surface area contributed by atoms with Crippen molar-refractivity contribution in [2.45, 2.75) is 19.9 Å². The van der Waals surface area contributed by atoms with Crippen LogP contribution in [-0.2, 0) is 4.74 Å². The first-order valence-corrected chi connectivity index (χ1v) is 6.55. The highest BCUT2D eigenvalue weighted by atomic mass is 35.5. The van der Waals surface area contributed by atoms with E-state index in [9.17, 15) is 4.79 Å². The van der Waals surface area contributed by atoms with Crippen molar-refractivity contribution in [3.8, 4) is 0 Å². The molecule has 0 aliphatic rings. The van der Waals surface area contributed by atoms with Gasteiger partial charge in [-0.25, -0.2) is 9.48 Å². The molecule has 1 aromatic carbocycles. The van der Waals surface area contributed by atoms with Crippen LogP contribution in [0.3, 0.4) is 0 Å². The molecular formula is C13H15ClN4O2. The lowest BCUT2D eigenvalue weighted by Gasteiger charge is -2.13. The first-order valence-electron chi connectivity index (χ1n) is 6.17. The Morgan fingerprint density at radius 1 is 1.45 bits per heavy atom. The Morgan fingerprint density at radius 2 is 2.10 bits per heavy atom. The molecule has 0 radical (unpaired) electrons. The number of halogens is 1. The number of rotatable bonds is 4. The van der Waals surface area contributed by atoms with E-state index < -0.39 is 5.97 Å². The van der Waals surface area contributed by atoms with Crippen molar-refractivity contribution in [1.29, 1.82) is 0 Å². The van der Waals surface area contributed by atoms with Crippen molar-refractivity contribution < 1.29 is 9.53 Å². The van der Waals surface area contributed by atoms with E-state index in [-0.39, 0.29) is 24.2 Å². The number of hydrogen-bond donors (Lipinski definition) is 1. The van der Waals surface area contributed by atoms with Crippen molar-refractivity contribution >= 4 is 23.4 Å². The molecule has 6 nitrogen and oxygen atoms in total. The predicted octanol–water partition coefficient (Wildman–Crippen LogP) is 2.30. The molecule has 2 aromatic rings. The van der Waals surface area contributed by atoms with Crippen molar-refractivity contribution in [1.82, 2.24) is 15.0 Å². The lowest BCUT2D eigenvalue weighted by atomic mass is 10.1. The molecule has 0 bridgehead atoms. The number of aromatic nitrogens is 3. The summed E-state index contributed by atoms with van der Waals surface area (Å²) in [6, 6.07) is 7.15. The van der Waals surface area contributed by atoms with Crippen LogP contribution in [-0.4, -0.2) is 27.6 Å². The minimum Gasteiger partial charge on any atom is -0.461 e. The van der Waals surface area contributed by atoms with Gasteiger partial charge in [-0.3, -0.25) is 0 Å². The molecule has 0 aliphatic heterocycles. The van der Waals surface area contributed by atoms with Gasteiger partial charge in [0.25, 0.3) is 0 Å². The molecule has 0 saturated carbocycles. The molecule has 0 amide bonds. The third-order valence-electron chi connectivity index (χ3n) is 2.92. The molecule has 0 unspecified atom stereocenters. The second-order valence-electron chi connectivity index (χ2n) is 4.22. The van der Waals surface area contributed by atoms with Gasteiger partial charge in [0.05, 0.1) is 12.6 Å². The van der Waals surface area contributed by atoms with Gasteiger partial charge in [-0.05, 0) is 31.5 Å². The van der Waals surface area contributed by atoms with Gasteiger partial charge in [-0.2, -0.15) is 0 Å². The topological polar surface area (TPSA) is 83.0 Å². The van der Waals surface area contributed by atoms with Crippen LogP contribution in [0.4, 0.5) is 5.82 Å². The van der Waals surface area contributed by atoms with E-state index in [1.54, 1.807) is 19.1 Å². The summed E-state index contributed by atoms with van der Waals surface area (Å²) in [5.41, 5.74) is 6.91. The number of carbonyl (C=O) groups is 1. The number of carbonyl (C=O) groups excluding carboxylic acids is 1. The minimum atomic E-state index is -0.570. The average molecular weight is 295 g/mol. The van der Waals surface area contributed by atoms with Crippen molar-refractivity contribution in [2.75, 3.05) is 12.3 Å². The number of benzene rings is 1. The van der Waals surface area contributed by atoms with E-state index in [4.69, 9.17) is 22.1 Å². The van der Waals surface area contributed by atoms with Gasteiger partial charge < -0.3 is 10.5 Å². The van der Waals surface area contributed by atoms with Crippen LogP contribution >= 0.6 is 11.6 Å². The van der Waals surface area contributed by atoms with Gasteiger partial charge in [0.15, 0.2) is 5.82 Å². The predicted molar refractivity (Wildman–Crippen MR) is 75.7 cm³/mol. The fourth-order valence-corrected chi connectivity index (χ4v) is 1.94. The fourth-order valence-electron chi connectivity index (χ4n) is 1.81. The van der Waals surface area contributed by atoms with Gasteiger partial charge in [-0.1, -0.05) is 28.9 Å². The summed E-state index contributed by atoms with van der Waals surface area (Å²) in [5, 5.41) is 8.36. The highest BCUT2D eigenvalue weighted by Crippen LogP contribution is 2.23. The highest BCUT2D eigenvalue weighted by molar-refractivity contribution is 6.30. The molecule has 0 saturated heterocycles. The Morgan fingerprint density at radius 3 is 2.70 bits per heavy atom. The number of anilines is 1. The SMILES string of the molecule is CCOC(=O)c1nnn([C@H](C)c2ccc(Cl)cc2)c1N. The van der Waals surface area contributed by atoms with Crippen LogP contribution in [0.25, 0.3) is 0 Å². The Balaban J connectivity index is 2.29. The second kappa shape index (κ2) is 5.92. The molecule has 0 aliphatic carbocycles.